The van der Waals surface area contributed by atoms with Gasteiger partial charge in [-0.1, -0.05) is 17.7 Å². The van der Waals surface area contributed by atoms with Crippen molar-refractivity contribution in [2.75, 3.05) is 6.61 Å². The van der Waals surface area contributed by atoms with Gasteiger partial charge in [-0.3, -0.25) is 9.78 Å². The van der Waals surface area contributed by atoms with Crippen LogP contribution in [0.1, 0.15) is 11.1 Å². The van der Waals surface area contributed by atoms with Gasteiger partial charge >= 0.3 is 0 Å². The Morgan fingerprint density at radius 2 is 2.33 bits per heavy atom. The first-order chi connectivity index (χ1) is 10.1. The van der Waals surface area contributed by atoms with E-state index >= 15 is 0 Å². The van der Waals surface area contributed by atoms with E-state index in [-0.39, 0.29) is 12.5 Å². The Kier molecular flexibility index (Phi) is 5.29. The van der Waals surface area contributed by atoms with Crippen LogP contribution in [-0.2, 0) is 4.79 Å². The Balaban J connectivity index is 1.79. The lowest BCUT2D eigenvalue weighted by atomic mass is 10.2. The van der Waals surface area contributed by atoms with Gasteiger partial charge in [0.05, 0.1) is 6.21 Å². The van der Waals surface area contributed by atoms with Crippen LogP contribution < -0.4 is 10.2 Å². The number of halogens is 1. The first-order valence-corrected chi connectivity index (χ1v) is 6.64. The molecule has 2 rings (SSSR count). The van der Waals surface area contributed by atoms with E-state index < -0.39 is 0 Å². The van der Waals surface area contributed by atoms with Gasteiger partial charge in [-0.15, -0.1) is 0 Å². The number of carbonyl (C=O) groups is 1. The average Bonchev–Trinajstić information content (AvgIpc) is 2.49. The zero-order chi connectivity index (χ0) is 15.1. The summed E-state index contributed by atoms with van der Waals surface area (Å²) in [7, 11) is 0. The number of carbonyl (C=O) groups excluding carboxylic acids is 1. The van der Waals surface area contributed by atoms with Crippen molar-refractivity contribution in [1.29, 1.82) is 0 Å². The Hall–Kier alpha value is -2.40. The monoisotopic (exact) mass is 303 g/mol. The summed E-state index contributed by atoms with van der Waals surface area (Å²) < 4.78 is 5.35. The maximum absolute atomic E-state index is 11.6. The van der Waals surface area contributed by atoms with E-state index in [4.69, 9.17) is 16.3 Å². The van der Waals surface area contributed by atoms with Gasteiger partial charge in [0.25, 0.3) is 5.91 Å². The van der Waals surface area contributed by atoms with E-state index in [1.54, 1.807) is 36.7 Å². The molecule has 1 aromatic carbocycles. The van der Waals surface area contributed by atoms with Crippen LogP contribution in [0.2, 0.25) is 5.02 Å². The third kappa shape index (κ3) is 4.89. The number of pyridine rings is 1. The molecule has 5 nitrogen and oxygen atoms in total. The molecule has 108 valence electrons. The number of aryl methyl sites for hydroxylation is 1. The number of aromatic nitrogens is 1. The van der Waals surface area contributed by atoms with Gasteiger partial charge < -0.3 is 4.74 Å². The predicted octanol–water partition coefficient (Wildman–Crippen LogP) is 2.57. The van der Waals surface area contributed by atoms with Crippen molar-refractivity contribution in [1.82, 2.24) is 10.4 Å². The summed E-state index contributed by atoms with van der Waals surface area (Å²) in [6, 6.07) is 8.82. The predicted molar refractivity (Wildman–Crippen MR) is 81.7 cm³/mol. The van der Waals surface area contributed by atoms with Crippen molar-refractivity contribution in [3.05, 3.63) is 58.9 Å². The number of rotatable bonds is 5. The Morgan fingerprint density at radius 3 is 3.05 bits per heavy atom. The summed E-state index contributed by atoms with van der Waals surface area (Å²) in [5.41, 5.74) is 4.07. The maximum atomic E-state index is 11.6. The highest BCUT2D eigenvalue weighted by Gasteiger charge is 2.03. The molecule has 0 fully saturated rings. The number of ether oxygens (including phenoxy) is 1. The van der Waals surface area contributed by atoms with Crippen molar-refractivity contribution in [2.24, 2.45) is 5.10 Å². The fourth-order valence-corrected chi connectivity index (χ4v) is 1.64. The van der Waals surface area contributed by atoms with E-state index in [0.717, 1.165) is 11.1 Å². The fraction of sp³-hybridized carbons (Fsp3) is 0.133. The molecule has 1 N–H and O–H groups in total. The Bertz CT molecular complexity index is 645. The lowest BCUT2D eigenvalue weighted by molar-refractivity contribution is -0.123. The second-order valence-corrected chi connectivity index (χ2v) is 4.69. The Labute approximate surface area is 127 Å². The number of nitrogens with zero attached hydrogens (tertiary/aromatic N) is 2. The molecule has 1 amide bonds. The summed E-state index contributed by atoms with van der Waals surface area (Å²) in [5.74, 6) is 0.242. The van der Waals surface area contributed by atoms with Gasteiger partial charge in [-0.05, 0) is 36.8 Å². The molecule has 0 spiro atoms. The Morgan fingerprint density at radius 1 is 1.48 bits per heavy atom. The summed E-state index contributed by atoms with van der Waals surface area (Å²) in [6.45, 7) is 1.75. The molecule has 0 aliphatic carbocycles. The highest BCUT2D eigenvalue weighted by Crippen LogP contribution is 2.20. The van der Waals surface area contributed by atoms with Gasteiger partial charge in [0, 0.05) is 23.0 Å². The molecule has 1 heterocycles. The minimum atomic E-state index is -0.345. The molecule has 0 aliphatic rings. The summed E-state index contributed by atoms with van der Waals surface area (Å²) in [4.78, 5) is 15.5. The number of hydrogen-bond acceptors (Lipinski definition) is 4. The zero-order valence-electron chi connectivity index (χ0n) is 11.4. The van der Waals surface area contributed by atoms with Crippen LogP contribution in [0.4, 0.5) is 0 Å². The first-order valence-electron chi connectivity index (χ1n) is 6.26. The minimum Gasteiger partial charge on any atom is -0.484 e. The zero-order valence-corrected chi connectivity index (χ0v) is 12.2. The van der Waals surface area contributed by atoms with Gasteiger partial charge in [-0.2, -0.15) is 5.10 Å². The van der Waals surface area contributed by atoms with Crippen LogP contribution in [-0.4, -0.2) is 23.7 Å². The van der Waals surface area contributed by atoms with Gasteiger partial charge in [-0.25, -0.2) is 5.43 Å². The molecule has 1 aromatic heterocycles. The lowest BCUT2D eigenvalue weighted by Gasteiger charge is -2.06. The van der Waals surface area contributed by atoms with Crippen LogP contribution >= 0.6 is 11.6 Å². The van der Waals surface area contributed by atoms with Crippen molar-refractivity contribution >= 4 is 23.7 Å². The highest BCUT2D eigenvalue weighted by molar-refractivity contribution is 6.31. The van der Waals surface area contributed by atoms with Crippen LogP contribution in [0.5, 0.6) is 5.75 Å². The second-order valence-electron chi connectivity index (χ2n) is 4.28. The number of amides is 1. The van der Waals surface area contributed by atoms with Crippen molar-refractivity contribution < 1.29 is 9.53 Å². The van der Waals surface area contributed by atoms with Gasteiger partial charge in [0.2, 0.25) is 0 Å². The van der Waals surface area contributed by atoms with Crippen molar-refractivity contribution in [2.45, 2.75) is 6.92 Å². The van der Waals surface area contributed by atoms with Gasteiger partial charge in [0.1, 0.15) is 5.75 Å². The third-order valence-corrected chi connectivity index (χ3v) is 3.01. The smallest absolute Gasteiger partial charge is 0.277 e. The van der Waals surface area contributed by atoms with Crippen LogP contribution in [0.3, 0.4) is 0 Å². The molecule has 0 saturated carbocycles. The molecule has 6 heteroatoms. The second kappa shape index (κ2) is 7.40. The lowest BCUT2D eigenvalue weighted by Crippen LogP contribution is -2.24. The highest BCUT2D eigenvalue weighted by atomic mass is 35.5. The quantitative estimate of drug-likeness (QED) is 0.682. The number of hydrazone groups is 1. The normalized spacial score (nSPS) is 10.6. The molecule has 0 aliphatic heterocycles. The average molecular weight is 304 g/mol. The topological polar surface area (TPSA) is 63.6 Å². The molecule has 0 unspecified atom stereocenters. The summed E-state index contributed by atoms with van der Waals surface area (Å²) >= 11 is 5.91. The van der Waals surface area contributed by atoms with E-state index in [1.807, 2.05) is 13.0 Å². The van der Waals surface area contributed by atoms with E-state index in [1.165, 1.54) is 6.21 Å². The van der Waals surface area contributed by atoms with Crippen LogP contribution in [0, 0.1) is 6.92 Å². The fourth-order valence-electron chi connectivity index (χ4n) is 1.52. The number of nitrogens with one attached hydrogen (secondary N) is 1. The standard InChI is InChI=1S/C15H14ClN3O2/c1-11-7-13(4-5-14(11)16)21-10-15(20)19-18-9-12-3-2-6-17-8-12/h2-9H,10H2,1H3,(H,19,20)/b18-9-. The molecule has 0 bridgehead atoms. The van der Waals surface area contributed by atoms with E-state index in [9.17, 15) is 4.79 Å². The molecule has 21 heavy (non-hydrogen) atoms. The van der Waals surface area contributed by atoms with Gasteiger partial charge in [0.15, 0.2) is 6.61 Å². The van der Waals surface area contributed by atoms with Crippen LogP contribution in [0.15, 0.2) is 47.8 Å². The molecule has 0 saturated heterocycles. The van der Waals surface area contributed by atoms with Crippen LogP contribution in [0.25, 0.3) is 0 Å². The number of benzene rings is 1. The summed E-state index contributed by atoms with van der Waals surface area (Å²) in [5, 5.41) is 4.48. The summed E-state index contributed by atoms with van der Waals surface area (Å²) in [6.07, 6.45) is 4.82. The van der Waals surface area contributed by atoms with E-state index in [0.29, 0.717) is 10.8 Å². The van der Waals surface area contributed by atoms with Crippen molar-refractivity contribution in [3.8, 4) is 5.75 Å². The van der Waals surface area contributed by atoms with E-state index in [2.05, 4.69) is 15.5 Å². The molecular formula is C15H14ClN3O2. The third-order valence-electron chi connectivity index (χ3n) is 2.59. The number of hydrogen-bond donors (Lipinski definition) is 1. The molecule has 2 aromatic rings. The first kappa shape index (κ1) is 15.0. The largest absolute Gasteiger partial charge is 0.484 e. The minimum absolute atomic E-state index is 0.120. The SMILES string of the molecule is Cc1cc(OCC(=O)N/N=C\c2cccnc2)ccc1Cl. The molecular weight excluding hydrogens is 290 g/mol. The van der Waals surface area contributed by atoms with Crippen molar-refractivity contribution in [3.63, 3.8) is 0 Å². The maximum Gasteiger partial charge on any atom is 0.277 e. The molecule has 0 atom stereocenters. The molecule has 0 radical (unpaired) electrons.